The van der Waals surface area contributed by atoms with Crippen LogP contribution in [0.15, 0.2) is 36.4 Å². The van der Waals surface area contributed by atoms with Gasteiger partial charge >= 0.3 is 8.03 Å². The molecule has 1 aliphatic carbocycles. The first kappa shape index (κ1) is 15.7. The maximum absolute atomic E-state index is 11.9. The van der Waals surface area contributed by atoms with Crippen molar-refractivity contribution in [3.63, 3.8) is 0 Å². The van der Waals surface area contributed by atoms with Gasteiger partial charge in [0.25, 0.3) is 0 Å². The van der Waals surface area contributed by atoms with E-state index in [9.17, 15) is 9.46 Å². The quantitative estimate of drug-likeness (QED) is 0.800. The van der Waals surface area contributed by atoms with Crippen molar-refractivity contribution < 1.29 is 18.9 Å². The molecule has 23 heavy (non-hydrogen) atoms. The Hall–Kier alpha value is -2.16. The van der Waals surface area contributed by atoms with Gasteiger partial charge in [-0.2, -0.15) is 0 Å². The molecule has 0 bridgehead atoms. The third kappa shape index (κ3) is 2.54. The summed E-state index contributed by atoms with van der Waals surface area (Å²) >= 11 is 0. The molecule has 0 saturated heterocycles. The lowest BCUT2D eigenvalue weighted by Crippen LogP contribution is -2.22. The van der Waals surface area contributed by atoms with Crippen LogP contribution in [0, 0.1) is 10.4 Å². The number of ether oxygens (including phenoxy) is 2. The second-order valence-corrected chi connectivity index (χ2v) is 7.10. The van der Waals surface area contributed by atoms with Crippen LogP contribution in [-0.2, 0) is 4.57 Å². The molecule has 4 nitrogen and oxygen atoms in total. The third-order valence-electron chi connectivity index (χ3n) is 4.10. The highest BCUT2D eigenvalue weighted by Crippen LogP contribution is 2.35. The predicted molar refractivity (Wildman–Crippen MR) is 87.9 cm³/mol. The van der Waals surface area contributed by atoms with Crippen molar-refractivity contribution in [2.45, 2.75) is 12.1 Å². The Kier molecular flexibility index (Phi) is 3.97. The van der Waals surface area contributed by atoms with Gasteiger partial charge in [0.2, 0.25) is 0 Å². The highest BCUT2D eigenvalue weighted by Gasteiger charge is 2.33. The first-order chi connectivity index (χ1) is 11.0. The fourth-order valence-electron chi connectivity index (χ4n) is 2.99. The average Bonchev–Trinajstić information content (AvgIpc) is 2.68. The summed E-state index contributed by atoms with van der Waals surface area (Å²) in [4.78, 5) is 11.9. The first-order valence-corrected chi connectivity index (χ1v) is 8.38. The Morgan fingerprint density at radius 3 is 1.70 bits per heavy atom. The van der Waals surface area contributed by atoms with Crippen LogP contribution in [0.2, 0.25) is 0 Å². The molecule has 118 valence electrons. The van der Waals surface area contributed by atoms with E-state index in [1.807, 2.05) is 36.4 Å². The molecule has 0 amide bonds. The monoisotopic (exact) mass is 328 g/mol. The van der Waals surface area contributed by atoms with Crippen molar-refractivity contribution in [1.82, 2.24) is 0 Å². The van der Waals surface area contributed by atoms with Crippen molar-refractivity contribution in [2.24, 2.45) is 0 Å². The van der Waals surface area contributed by atoms with Gasteiger partial charge in [-0.25, -0.2) is 0 Å². The van der Waals surface area contributed by atoms with Crippen LogP contribution < -0.4 is 24.8 Å². The number of methoxy groups -OCH3 is 2. The molecule has 2 aromatic carbocycles. The fourth-order valence-corrected chi connectivity index (χ4v) is 3.48. The zero-order valence-corrected chi connectivity index (χ0v) is 14.1. The minimum Gasteiger partial charge on any atom is -0.595 e. The smallest absolute Gasteiger partial charge is 0.323 e. The average molecular weight is 328 g/mol. The van der Waals surface area contributed by atoms with Crippen molar-refractivity contribution in [2.75, 3.05) is 14.2 Å². The van der Waals surface area contributed by atoms with E-state index in [0.717, 1.165) is 20.9 Å². The largest absolute Gasteiger partial charge is 0.595 e. The van der Waals surface area contributed by atoms with Crippen LogP contribution in [0.5, 0.6) is 11.5 Å². The number of fused-ring (bicyclic) bond motifs is 2. The molecule has 0 N–H and O–H groups in total. The summed E-state index contributed by atoms with van der Waals surface area (Å²) in [6, 6.07) is 11.2. The van der Waals surface area contributed by atoms with E-state index in [0.29, 0.717) is 11.5 Å². The molecule has 0 saturated carbocycles. The highest BCUT2D eigenvalue weighted by molar-refractivity contribution is 7.39. The Balaban J connectivity index is 2.72. The maximum Gasteiger partial charge on any atom is 0.323 e. The SMILES string of the molecule is COc1cccc2c1=c1c(OC)cccc1=CC(C)([P+](=O)[O-])C=2. The maximum atomic E-state index is 11.9. The predicted octanol–water partition coefficient (Wildman–Crippen LogP) is 1.43. The minimum atomic E-state index is -2.69. The van der Waals surface area contributed by atoms with Crippen LogP contribution in [0.1, 0.15) is 6.92 Å². The van der Waals surface area contributed by atoms with Crippen molar-refractivity contribution in [3.05, 3.63) is 57.3 Å². The summed E-state index contributed by atoms with van der Waals surface area (Å²) in [5, 5.41) is 2.24. The van der Waals surface area contributed by atoms with Gasteiger partial charge in [0.05, 0.1) is 14.2 Å². The Morgan fingerprint density at radius 2 is 1.35 bits per heavy atom. The van der Waals surface area contributed by atoms with E-state index in [4.69, 9.17) is 9.47 Å². The molecule has 5 heteroatoms. The van der Waals surface area contributed by atoms with E-state index in [1.165, 1.54) is 0 Å². The molecular formula is C18H17O4P. The fraction of sp³-hybridized carbons (Fsp3) is 0.222. The first-order valence-electron chi connectivity index (χ1n) is 7.21. The van der Waals surface area contributed by atoms with Gasteiger partial charge in [0.15, 0.2) is 5.16 Å². The Bertz CT molecular complexity index is 923. The number of hydrogen-bond donors (Lipinski definition) is 0. The molecule has 0 fully saturated rings. The molecule has 1 atom stereocenters. The van der Waals surface area contributed by atoms with Crippen molar-refractivity contribution in [1.29, 1.82) is 0 Å². The second kappa shape index (κ2) is 5.80. The molecule has 0 radical (unpaired) electrons. The van der Waals surface area contributed by atoms with Gasteiger partial charge in [0.1, 0.15) is 11.5 Å². The number of rotatable bonds is 3. The zero-order chi connectivity index (χ0) is 16.6. The van der Waals surface area contributed by atoms with Gasteiger partial charge in [-0.05, 0) is 41.6 Å². The van der Waals surface area contributed by atoms with E-state index < -0.39 is 13.2 Å². The Morgan fingerprint density at radius 1 is 0.913 bits per heavy atom. The summed E-state index contributed by atoms with van der Waals surface area (Å²) in [7, 11) is 0.520. The second-order valence-electron chi connectivity index (χ2n) is 5.62. The molecule has 0 heterocycles. The Labute approximate surface area is 134 Å². The molecule has 0 aliphatic heterocycles. The van der Waals surface area contributed by atoms with Crippen molar-refractivity contribution >= 4 is 20.2 Å². The van der Waals surface area contributed by atoms with Gasteiger partial charge in [-0.3, -0.25) is 0 Å². The molecule has 1 unspecified atom stereocenters. The number of hydrogen-bond acceptors (Lipinski definition) is 4. The van der Waals surface area contributed by atoms with Crippen LogP contribution in [0.25, 0.3) is 12.2 Å². The van der Waals surface area contributed by atoms with Crippen LogP contribution in [-0.4, -0.2) is 19.4 Å². The number of benzene rings is 2. The molecule has 1 aliphatic rings. The molecule has 3 rings (SSSR count). The lowest BCUT2D eigenvalue weighted by molar-refractivity contribution is -0.166. The van der Waals surface area contributed by atoms with E-state index >= 15 is 0 Å². The van der Waals surface area contributed by atoms with Gasteiger partial charge in [0, 0.05) is 10.4 Å². The molecule has 0 aromatic heterocycles. The van der Waals surface area contributed by atoms with Gasteiger partial charge in [-0.1, -0.05) is 28.8 Å². The zero-order valence-electron chi connectivity index (χ0n) is 13.2. The van der Waals surface area contributed by atoms with E-state index in [1.54, 1.807) is 33.3 Å². The summed E-state index contributed by atoms with van der Waals surface area (Å²) in [5.41, 5.74) is 0. The van der Waals surface area contributed by atoms with Gasteiger partial charge < -0.3 is 14.4 Å². The van der Waals surface area contributed by atoms with Crippen LogP contribution in [0.3, 0.4) is 0 Å². The summed E-state index contributed by atoms with van der Waals surface area (Å²) < 4.78 is 22.9. The third-order valence-corrected chi connectivity index (χ3v) is 5.14. The minimum absolute atomic E-state index is 0.684. The lowest BCUT2D eigenvalue weighted by Gasteiger charge is -2.10. The van der Waals surface area contributed by atoms with Crippen LogP contribution in [0.4, 0.5) is 0 Å². The molecular weight excluding hydrogens is 311 g/mol. The molecule has 0 spiro atoms. The lowest BCUT2D eigenvalue weighted by atomic mass is 10.1. The normalized spacial score (nSPS) is 15.2. The van der Waals surface area contributed by atoms with E-state index in [-0.39, 0.29) is 0 Å². The summed E-state index contributed by atoms with van der Waals surface area (Å²) in [5.74, 6) is 1.37. The van der Waals surface area contributed by atoms with E-state index in [2.05, 4.69) is 0 Å². The van der Waals surface area contributed by atoms with Gasteiger partial charge in [-0.15, -0.1) is 0 Å². The summed E-state index contributed by atoms with van der Waals surface area (Å²) in [6.07, 6.45) is 3.52. The molecule has 2 aromatic rings. The highest BCUT2D eigenvalue weighted by atomic mass is 31.1. The topological polar surface area (TPSA) is 58.6 Å². The standard InChI is InChI=1S/C18H17O4P/c1-18(23(19)20)10-12-6-4-8-14(21-2)16(12)17-13(11-18)7-5-9-15(17)22-3/h4-11H,1-3H3. The summed E-state index contributed by atoms with van der Waals surface area (Å²) in [6.45, 7) is 1.69. The van der Waals surface area contributed by atoms with Crippen LogP contribution >= 0.6 is 8.03 Å². The van der Waals surface area contributed by atoms with Crippen molar-refractivity contribution in [3.8, 4) is 11.5 Å².